The van der Waals surface area contributed by atoms with Crippen LogP contribution in [0.5, 0.6) is 0 Å². The van der Waals surface area contributed by atoms with Crippen molar-refractivity contribution >= 4 is 39.1 Å². The predicted molar refractivity (Wildman–Crippen MR) is 105 cm³/mol. The van der Waals surface area contributed by atoms with Crippen LogP contribution in [0.1, 0.15) is 40.1 Å². The number of benzene rings is 1. The molecule has 0 saturated carbocycles. The zero-order valence-electron chi connectivity index (χ0n) is 15.5. The Balaban J connectivity index is 1.98. The fraction of sp³-hybridized carbons (Fsp3) is 0.300. The van der Waals surface area contributed by atoms with Gasteiger partial charge in [-0.05, 0) is 56.3 Å². The molecule has 0 saturated heterocycles. The molecule has 0 aliphatic rings. The highest BCUT2D eigenvalue weighted by atomic mass is 32.1. The zero-order chi connectivity index (χ0) is 19.0. The summed E-state index contributed by atoms with van der Waals surface area (Å²) >= 11 is 1.50. The summed E-state index contributed by atoms with van der Waals surface area (Å²) in [6, 6.07) is 7.23. The fourth-order valence-electron chi connectivity index (χ4n) is 3.31. The quantitative estimate of drug-likeness (QED) is 0.682. The van der Waals surface area contributed by atoms with Crippen LogP contribution < -0.4 is 5.32 Å². The number of anilines is 1. The molecule has 5 nitrogen and oxygen atoms in total. The van der Waals surface area contributed by atoms with Crippen LogP contribution in [-0.4, -0.2) is 23.6 Å². The Hall–Kier alpha value is -2.60. The Morgan fingerprint density at radius 3 is 2.42 bits per heavy atom. The van der Waals surface area contributed by atoms with Crippen LogP contribution in [0.25, 0.3) is 10.2 Å². The van der Waals surface area contributed by atoms with Crippen molar-refractivity contribution < 1.29 is 14.3 Å². The first-order chi connectivity index (χ1) is 12.3. The van der Waals surface area contributed by atoms with E-state index in [0.29, 0.717) is 5.69 Å². The minimum atomic E-state index is -0.555. The second kappa shape index (κ2) is 6.96. The average Bonchev–Trinajstić information content (AvgIpc) is 3.17. The minimum Gasteiger partial charge on any atom is -0.464 e. The van der Waals surface area contributed by atoms with Crippen molar-refractivity contribution in [3.63, 3.8) is 0 Å². The number of ether oxygens (including phenoxy) is 1. The van der Waals surface area contributed by atoms with E-state index in [1.165, 1.54) is 18.4 Å². The molecule has 2 aromatic heterocycles. The largest absolute Gasteiger partial charge is 0.464 e. The van der Waals surface area contributed by atoms with E-state index in [9.17, 15) is 9.59 Å². The molecule has 0 radical (unpaired) electrons. The second-order valence-electron chi connectivity index (χ2n) is 6.51. The first-order valence-corrected chi connectivity index (χ1v) is 9.27. The van der Waals surface area contributed by atoms with Gasteiger partial charge in [0.1, 0.15) is 16.6 Å². The summed E-state index contributed by atoms with van der Waals surface area (Å²) in [7, 11) is 1.34. The SMILES string of the molecule is COC(=O)c1cc2ccsc2n1C(C)C(=O)Nc1c(C)cc(C)cc1C. The van der Waals surface area contributed by atoms with Crippen LogP contribution in [0.2, 0.25) is 0 Å². The number of esters is 1. The maximum absolute atomic E-state index is 12.9. The number of rotatable bonds is 4. The highest BCUT2D eigenvalue weighted by Gasteiger charge is 2.25. The van der Waals surface area contributed by atoms with E-state index in [2.05, 4.69) is 5.32 Å². The number of carbonyl (C=O) groups is 2. The average molecular weight is 370 g/mol. The van der Waals surface area contributed by atoms with Gasteiger partial charge >= 0.3 is 5.97 Å². The van der Waals surface area contributed by atoms with Gasteiger partial charge in [0.05, 0.1) is 7.11 Å². The number of carbonyl (C=O) groups excluding carboxylic acids is 2. The lowest BCUT2D eigenvalue weighted by Crippen LogP contribution is -2.26. The number of hydrogen-bond donors (Lipinski definition) is 1. The molecule has 0 spiro atoms. The molecule has 1 N–H and O–H groups in total. The third kappa shape index (κ3) is 3.12. The molecule has 136 valence electrons. The number of amides is 1. The Labute approximate surface area is 156 Å². The summed E-state index contributed by atoms with van der Waals surface area (Å²) in [5, 5.41) is 5.90. The van der Waals surface area contributed by atoms with Crippen molar-refractivity contribution in [1.29, 1.82) is 0 Å². The molecule has 1 amide bonds. The number of hydrogen-bond acceptors (Lipinski definition) is 4. The molecule has 3 aromatic rings. The van der Waals surface area contributed by atoms with Gasteiger partial charge in [-0.2, -0.15) is 0 Å². The number of fused-ring (bicyclic) bond motifs is 1. The van der Waals surface area contributed by atoms with E-state index >= 15 is 0 Å². The molecule has 26 heavy (non-hydrogen) atoms. The van der Waals surface area contributed by atoms with E-state index in [0.717, 1.165) is 32.6 Å². The van der Waals surface area contributed by atoms with E-state index in [4.69, 9.17) is 4.74 Å². The van der Waals surface area contributed by atoms with Gasteiger partial charge in [-0.15, -0.1) is 11.3 Å². The molecule has 0 aliphatic heterocycles. The van der Waals surface area contributed by atoms with Crippen molar-refractivity contribution in [2.75, 3.05) is 12.4 Å². The van der Waals surface area contributed by atoms with Crippen molar-refractivity contribution in [1.82, 2.24) is 4.57 Å². The van der Waals surface area contributed by atoms with Crippen LogP contribution in [0.15, 0.2) is 29.6 Å². The summed E-state index contributed by atoms with van der Waals surface area (Å²) in [4.78, 5) is 26.0. The Morgan fingerprint density at radius 2 is 1.81 bits per heavy atom. The van der Waals surface area contributed by atoms with Gasteiger partial charge in [0.15, 0.2) is 0 Å². The van der Waals surface area contributed by atoms with Crippen molar-refractivity contribution in [3.8, 4) is 0 Å². The molecular weight excluding hydrogens is 348 g/mol. The number of thiophene rings is 1. The van der Waals surface area contributed by atoms with Gasteiger partial charge < -0.3 is 14.6 Å². The van der Waals surface area contributed by atoms with E-state index < -0.39 is 12.0 Å². The fourth-order valence-corrected chi connectivity index (χ4v) is 4.29. The Bertz CT molecular complexity index is 977. The van der Waals surface area contributed by atoms with Gasteiger partial charge in [-0.3, -0.25) is 4.79 Å². The third-order valence-corrected chi connectivity index (χ3v) is 5.46. The third-order valence-electron chi connectivity index (χ3n) is 4.53. The van der Waals surface area contributed by atoms with Gasteiger partial charge in [0.2, 0.25) is 5.91 Å². The number of methoxy groups -OCH3 is 1. The lowest BCUT2D eigenvalue weighted by molar-refractivity contribution is -0.118. The standard InChI is InChI=1S/C20H22N2O3S/c1-11-8-12(2)17(13(3)9-11)21-18(23)14(4)22-16(20(24)25-5)10-15-6-7-26-19(15)22/h6-10,14H,1-5H3,(H,21,23). The first kappa shape index (κ1) is 18.2. The van der Waals surface area contributed by atoms with Crippen molar-refractivity contribution in [3.05, 3.63) is 52.0 Å². The van der Waals surface area contributed by atoms with Crippen LogP contribution >= 0.6 is 11.3 Å². The van der Waals surface area contributed by atoms with Crippen LogP contribution in [0.4, 0.5) is 5.69 Å². The summed E-state index contributed by atoms with van der Waals surface area (Å²) in [5.41, 5.74) is 4.40. The van der Waals surface area contributed by atoms with Crippen LogP contribution in [0.3, 0.4) is 0 Å². The monoisotopic (exact) mass is 370 g/mol. The highest BCUT2D eigenvalue weighted by molar-refractivity contribution is 7.16. The number of aryl methyl sites for hydroxylation is 3. The topological polar surface area (TPSA) is 60.3 Å². The van der Waals surface area contributed by atoms with E-state index in [1.54, 1.807) is 17.6 Å². The minimum absolute atomic E-state index is 0.170. The molecule has 1 aromatic carbocycles. The van der Waals surface area contributed by atoms with Crippen molar-refractivity contribution in [2.24, 2.45) is 0 Å². The second-order valence-corrected chi connectivity index (χ2v) is 7.41. The van der Waals surface area contributed by atoms with Crippen LogP contribution in [-0.2, 0) is 9.53 Å². The lowest BCUT2D eigenvalue weighted by Gasteiger charge is -2.19. The maximum atomic E-state index is 12.9. The summed E-state index contributed by atoms with van der Waals surface area (Å²) in [5.74, 6) is -0.619. The Morgan fingerprint density at radius 1 is 1.15 bits per heavy atom. The lowest BCUT2D eigenvalue weighted by atomic mass is 10.0. The summed E-state index contributed by atoms with van der Waals surface area (Å²) < 4.78 is 6.64. The van der Waals surface area contributed by atoms with Gasteiger partial charge in [0.25, 0.3) is 0 Å². The normalized spacial score (nSPS) is 12.2. The van der Waals surface area contributed by atoms with Crippen LogP contribution in [0, 0.1) is 20.8 Å². The molecule has 1 unspecified atom stereocenters. The molecule has 0 aliphatic carbocycles. The zero-order valence-corrected chi connectivity index (χ0v) is 16.4. The molecule has 0 bridgehead atoms. The highest BCUT2D eigenvalue weighted by Crippen LogP contribution is 2.30. The van der Waals surface area contributed by atoms with E-state index in [-0.39, 0.29) is 5.91 Å². The summed E-state index contributed by atoms with van der Waals surface area (Å²) in [6.45, 7) is 7.78. The summed E-state index contributed by atoms with van der Waals surface area (Å²) in [6.07, 6.45) is 0. The number of nitrogens with zero attached hydrogens (tertiary/aromatic N) is 1. The first-order valence-electron chi connectivity index (χ1n) is 8.39. The molecule has 2 heterocycles. The van der Waals surface area contributed by atoms with Crippen molar-refractivity contribution in [2.45, 2.75) is 33.7 Å². The maximum Gasteiger partial charge on any atom is 0.354 e. The molecule has 3 rings (SSSR count). The van der Waals surface area contributed by atoms with Gasteiger partial charge in [-0.1, -0.05) is 17.7 Å². The smallest absolute Gasteiger partial charge is 0.354 e. The molecule has 6 heteroatoms. The number of nitrogens with one attached hydrogen (secondary N) is 1. The van der Waals surface area contributed by atoms with Gasteiger partial charge in [0, 0.05) is 11.1 Å². The molecule has 1 atom stereocenters. The molecular formula is C20H22N2O3S. The Kier molecular flexibility index (Phi) is 4.87. The number of aromatic nitrogens is 1. The predicted octanol–water partition coefficient (Wildman–Crippen LogP) is 4.61. The van der Waals surface area contributed by atoms with E-state index in [1.807, 2.05) is 44.4 Å². The molecule has 0 fully saturated rings. The van der Waals surface area contributed by atoms with Gasteiger partial charge in [-0.25, -0.2) is 4.79 Å².